The smallest absolute Gasteiger partial charge is 0.141 e. The second-order valence-electron chi connectivity index (χ2n) is 4.23. The molecule has 2 aliphatic rings. The van der Waals surface area contributed by atoms with Gasteiger partial charge in [0.25, 0.3) is 0 Å². The summed E-state index contributed by atoms with van der Waals surface area (Å²) in [6.07, 6.45) is 6.59. The van der Waals surface area contributed by atoms with Crippen LogP contribution in [0.1, 0.15) is 38.5 Å². The maximum Gasteiger partial charge on any atom is 0.141 e. The Hall–Kier alpha value is -0.0800. The van der Waals surface area contributed by atoms with Gasteiger partial charge in [-0.2, -0.15) is 0 Å². The number of hydrogen-bond acceptors (Lipinski definition) is 1. The van der Waals surface area contributed by atoms with E-state index in [4.69, 9.17) is 5.73 Å². The Bertz CT molecular complexity index is 152. The van der Waals surface area contributed by atoms with Crippen molar-refractivity contribution < 1.29 is 5.11 Å². The van der Waals surface area contributed by atoms with E-state index in [1.807, 2.05) is 0 Å². The monoisotopic (exact) mass is 154 g/mol. The standard InChI is InChI=1S/C9H16NO/c10-8(11)6-7-2-1-3-9(7)4-5-9/h7-8H,1-6,10H2. The number of nitrogens with two attached hydrogens (primary N) is 1. The van der Waals surface area contributed by atoms with Gasteiger partial charge in [-0.25, -0.2) is 5.11 Å². The van der Waals surface area contributed by atoms with Crippen LogP contribution >= 0.6 is 0 Å². The maximum absolute atomic E-state index is 10.8. The Labute approximate surface area is 67.8 Å². The molecule has 2 nitrogen and oxygen atoms in total. The summed E-state index contributed by atoms with van der Waals surface area (Å²) in [5, 5.41) is 10.8. The predicted octanol–water partition coefficient (Wildman–Crippen LogP) is 1.67. The third-order valence-corrected chi connectivity index (χ3v) is 3.50. The minimum atomic E-state index is -0.824. The Morgan fingerprint density at radius 2 is 2.18 bits per heavy atom. The molecular weight excluding hydrogens is 138 g/mol. The van der Waals surface area contributed by atoms with Crippen molar-refractivity contribution in [2.45, 2.75) is 44.8 Å². The van der Waals surface area contributed by atoms with Crippen LogP contribution in [-0.4, -0.2) is 6.23 Å². The van der Waals surface area contributed by atoms with Crippen molar-refractivity contribution in [1.29, 1.82) is 0 Å². The van der Waals surface area contributed by atoms with Gasteiger partial charge in [0.05, 0.1) is 0 Å². The molecule has 2 aliphatic carbocycles. The van der Waals surface area contributed by atoms with Gasteiger partial charge in [-0.05, 0) is 43.4 Å². The first-order valence-corrected chi connectivity index (χ1v) is 4.64. The van der Waals surface area contributed by atoms with Gasteiger partial charge in [0.2, 0.25) is 0 Å². The Morgan fingerprint density at radius 1 is 1.45 bits per heavy atom. The van der Waals surface area contributed by atoms with Crippen LogP contribution in [0.4, 0.5) is 0 Å². The molecule has 0 aromatic carbocycles. The average molecular weight is 154 g/mol. The van der Waals surface area contributed by atoms with E-state index >= 15 is 0 Å². The van der Waals surface area contributed by atoms with Gasteiger partial charge < -0.3 is 5.73 Å². The van der Waals surface area contributed by atoms with Crippen LogP contribution in [0.2, 0.25) is 0 Å². The lowest BCUT2D eigenvalue weighted by Gasteiger charge is -2.18. The van der Waals surface area contributed by atoms with Crippen molar-refractivity contribution in [1.82, 2.24) is 0 Å². The van der Waals surface area contributed by atoms with E-state index in [0.29, 0.717) is 11.3 Å². The molecule has 0 saturated heterocycles. The van der Waals surface area contributed by atoms with Crippen molar-refractivity contribution in [2.24, 2.45) is 17.1 Å². The summed E-state index contributed by atoms with van der Waals surface area (Å²) in [7, 11) is 0. The molecule has 0 bridgehead atoms. The lowest BCUT2D eigenvalue weighted by Crippen LogP contribution is -2.23. The molecule has 0 aromatic heterocycles. The molecule has 0 amide bonds. The molecule has 2 N–H and O–H groups in total. The summed E-state index contributed by atoms with van der Waals surface area (Å²) < 4.78 is 0. The minimum absolute atomic E-state index is 0.613. The van der Waals surface area contributed by atoms with Crippen molar-refractivity contribution in [3.8, 4) is 0 Å². The van der Waals surface area contributed by atoms with Gasteiger partial charge in [0.1, 0.15) is 6.23 Å². The zero-order valence-electron chi connectivity index (χ0n) is 6.88. The molecule has 2 saturated carbocycles. The minimum Gasteiger partial charge on any atom is -0.303 e. The van der Waals surface area contributed by atoms with Gasteiger partial charge >= 0.3 is 0 Å². The van der Waals surface area contributed by atoms with Gasteiger partial charge in [0, 0.05) is 0 Å². The Balaban J connectivity index is 1.92. The SMILES string of the molecule is NC([O])CC1CCCC12CC2. The molecule has 0 aromatic rings. The van der Waals surface area contributed by atoms with Gasteiger partial charge in [0.15, 0.2) is 0 Å². The van der Waals surface area contributed by atoms with E-state index in [9.17, 15) is 5.11 Å². The van der Waals surface area contributed by atoms with Crippen LogP contribution in [0.5, 0.6) is 0 Å². The highest BCUT2D eigenvalue weighted by Crippen LogP contribution is 2.62. The molecule has 1 radical (unpaired) electrons. The highest BCUT2D eigenvalue weighted by Gasteiger charge is 2.51. The van der Waals surface area contributed by atoms with Crippen molar-refractivity contribution >= 4 is 0 Å². The summed E-state index contributed by atoms with van der Waals surface area (Å²) in [6.45, 7) is 0. The van der Waals surface area contributed by atoms with E-state index in [-0.39, 0.29) is 0 Å². The number of hydrogen-bond donors (Lipinski definition) is 1. The first-order chi connectivity index (χ1) is 5.23. The quantitative estimate of drug-likeness (QED) is 0.604. The van der Waals surface area contributed by atoms with E-state index < -0.39 is 6.23 Å². The first-order valence-electron chi connectivity index (χ1n) is 4.64. The number of rotatable bonds is 2. The fraction of sp³-hybridized carbons (Fsp3) is 1.00. The van der Waals surface area contributed by atoms with Crippen molar-refractivity contribution in [3.63, 3.8) is 0 Å². The van der Waals surface area contributed by atoms with E-state index in [1.54, 1.807) is 0 Å². The molecule has 2 unspecified atom stereocenters. The third-order valence-electron chi connectivity index (χ3n) is 3.50. The lowest BCUT2D eigenvalue weighted by atomic mass is 9.89. The highest BCUT2D eigenvalue weighted by molar-refractivity contribution is 5.02. The topological polar surface area (TPSA) is 45.9 Å². The second-order valence-corrected chi connectivity index (χ2v) is 4.23. The van der Waals surface area contributed by atoms with E-state index in [2.05, 4.69) is 0 Å². The first kappa shape index (κ1) is 7.56. The van der Waals surface area contributed by atoms with Crippen LogP contribution in [-0.2, 0) is 5.11 Å². The molecule has 2 fully saturated rings. The molecule has 2 atom stereocenters. The Morgan fingerprint density at radius 3 is 2.73 bits per heavy atom. The molecule has 11 heavy (non-hydrogen) atoms. The normalized spacial score (nSPS) is 36.0. The maximum atomic E-state index is 10.8. The van der Waals surface area contributed by atoms with Crippen molar-refractivity contribution in [2.75, 3.05) is 0 Å². The summed E-state index contributed by atoms with van der Waals surface area (Å²) >= 11 is 0. The fourth-order valence-corrected chi connectivity index (χ4v) is 2.68. The molecule has 0 heterocycles. The summed E-state index contributed by atoms with van der Waals surface area (Å²) in [4.78, 5) is 0. The molecule has 2 heteroatoms. The molecule has 2 rings (SSSR count). The van der Waals surface area contributed by atoms with E-state index in [0.717, 1.165) is 6.42 Å². The fourth-order valence-electron chi connectivity index (χ4n) is 2.68. The van der Waals surface area contributed by atoms with Crippen LogP contribution in [0.15, 0.2) is 0 Å². The van der Waals surface area contributed by atoms with Crippen LogP contribution < -0.4 is 5.73 Å². The van der Waals surface area contributed by atoms with E-state index in [1.165, 1.54) is 32.1 Å². The highest BCUT2D eigenvalue weighted by atomic mass is 16.3. The predicted molar refractivity (Wildman–Crippen MR) is 42.3 cm³/mol. The lowest BCUT2D eigenvalue weighted by molar-refractivity contribution is 0.0625. The summed E-state index contributed by atoms with van der Waals surface area (Å²) in [5.74, 6) is 0.676. The third kappa shape index (κ3) is 1.30. The zero-order valence-corrected chi connectivity index (χ0v) is 6.88. The largest absolute Gasteiger partial charge is 0.303 e. The van der Waals surface area contributed by atoms with Crippen LogP contribution in [0.25, 0.3) is 0 Å². The van der Waals surface area contributed by atoms with Gasteiger partial charge in [-0.1, -0.05) is 6.42 Å². The molecular formula is C9H16NO. The summed E-state index contributed by atoms with van der Waals surface area (Å²) in [6, 6.07) is 0. The van der Waals surface area contributed by atoms with Gasteiger partial charge in [-0.3, -0.25) is 0 Å². The average Bonchev–Trinajstić information content (AvgIpc) is 2.56. The zero-order chi connectivity index (χ0) is 7.90. The summed E-state index contributed by atoms with van der Waals surface area (Å²) in [5.41, 5.74) is 5.88. The molecule has 0 aliphatic heterocycles. The van der Waals surface area contributed by atoms with Gasteiger partial charge in [-0.15, -0.1) is 0 Å². The molecule has 1 spiro atoms. The van der Waals surface area contributed by atoms with Crippen LogP contribution in [0.3, 0.4) is 0 Å². The van der Waals surface area contributed by atoms with Crippen LogP contribution in [0, 0.1) is 11.3 Å². The van der Waals surface area contributed by atoms with Crippen molar-refractivity contribution in [3.05, 3.63) is 0 Å². The molecule has 63 valence electrons. The second kappa shape index (κ2) is 2.46. The Kier molecular flexibility index (Phi) is 1.69.